The molecule has 1 aliphatic heterocycles. The van der Waals surface area contributed by atoms with Crippen molar-refractivity contribution >= 4 is 23.5 Å². The van der Waals surface area contributed by atoms with Crippen molar-refractivity contribution < 1.29 is 14.7 Å². The smallest absolute Gasteiger partial charge is 0.274 e. The van der Waals surface area contributed by atoms with Gasteiger partial charge in [0.05, 0.1) is 18.3 Å². The van der Waals surface area contributed by atoms with Crippen LogP contribution in [-0.2, 0) is 10.3 Å². The second-order valence-corrected chi connectivity index (χ2v) is 6.16. The zero-order valence-corrected chi connectivity index (χ0v) is 14.3. The van der Waals surface area contributed by atoms with Gasteiger partial charge in [-0.05, 0) is 31.2 Å². The third-order valence-corrected chi connectivity index (χ3v) is 4.12. The van der Waals surface area contributed by atoms with Crippen LogP contribution in [0, 0.1) is 0 Å². The Morgan fingerprint density at radius 3 is 2.77 bits per heavy atom. The number of aromatic hydroxyl groups is 1. The minimum absolute atomic E-state index is 0.0249. The molecular weight excluding hydrogens is 336 g/mol. The average molecular weight is 354 g/mol. The molecule has 0 bridgehead atoms. The number of hydrogen-bond acceptors (Lipinski definition) is 7. The number of aliphatic imine (C=N–C) groups is 1. The van der Waals surface area contributed by atoms with Crippen LogP contribution in [-0.4, -0.2) is 44.8 Å². The van der Waals surface area contributed by atoms with Crippen molar-refractivity contribution in [2.75, 3.05) is 12.4 Å². The SMILES string of the molecule is CN1C(=O)CC(C)(c2cc(NC(=O)c3ccc(O)cn3)ccn2)N=C1N. The van der Waals surface area contributed by atoms with E-state index in [-0.39, 0.29) is 29.7 Å². The molecule has 1 aliphatic rings. The van der Waals surface area contributed by atoms with Crippen LogP contribution >= 0.6 is 0 Å². The summed E-state index contributed by atoms with van der Waals surface area (Å²) in [4.78, 5) is 38.2. The predicted molar refractivity (Wildman–Crippen MR) is 94.5 cm³/mol. The van der Waals surface area contributed by atoms with Crippen LogP contribution < -0.4 is 11.1 Å². The third-order valence-electron chi connectivity index (χ3n) is 4.12. The molecule has 1 atom stereocenters. The molecule has 0 saturated heterocycles. The maximum absolute atomic E-state index is 12.3. The molecule has 0 radical (unpaired) electrons. The van der Waals surface area contributed by atoms with Crippen molar-refractivity contribution in [3.05, 3.63) is 48.0 Å². The topological polar surface area (TPSA) is 134 Å². The van der Waals surface area contributed by atoms with Crippen molar-refractivity contribution in [1.82, 2.24) is 14.9 Å². The van der Waals surface area contributed by atoms with E-state index in [2.05, 4.69) is 20.3 Å². The summed E-state index contributed by atoms with van der Waals surface area (Å²) in [5, 5.41) is 12.0. The fourth-order valence-electron chi connectivity index (χ4n) is 2.57. The molecule has 2 amide bonds. The highest BCUT2D eigenvalue weighted by atomic mass is 16.3. The van der Waals surface area contributed by atoms with Crippen molar-refractivity contribution in [3.8, 4) is 5.75 Å². The first-order valence-electron chi connectivity index (χ1n) is 7.83. The normalized spacial score (nSPS) is 19.8. The zero-order valence-electron chi connectivity index (χ0n) is 14.3. The quantitative estimate of drug-likeness (QED) is 0.747. The van der Waals surface area contributed by atoms with Crippen LogP contribution in [0.2, 0.25) is 0 Å². The molecule has 2 aromatic heterocycles. The average Bonchev–Trinajstić information content (AvgIpc) is 2.60. The fourth-order valence-corrected chi connectivity index (χ4v) is 2.57. The highest BCUT2D eigenvalue weighted by Gasteiger charge is 2.37. The van der Waals surface area contributed by atoms with Gasteiger partial charge in [-0.3, -0.25) is 19.5 Å². The van der Waals surface area contributed by atoms with Crippen molar-refractivity contribution in [1.29, 1.82) is 0 Å². The highest BCUT2D eigenvalue weighted by Crippen LogP contribution is 2.32. The Morgan fingerprint density at radius 2 is 2.12 bits per heavy atom. The number of nitrogens with two attached hydrogens (primary N) is 1. The summed E-state index contributed by atoms with van der Waals surface area (Å²) in [6.07, 6.45) is 2.83. The van der Waals surface area contributed by atoms with Gasteiger partial charge in [-0.25, -0.2) is 9.98 Å². The summed E-state index contributed by atoms with van der Waals surface area (Å²) >= 11 is 0. The van der Waals surface area contributed by atoms with Crippen LogP contribution in [0.3, 0.4) is 0 Å². The van der Waals surface area contributed by atoms with E-state index in [1.807, 2.05) is 0 Å². The van der Waals surface area contributed by atoms with Gasteiger partial charge in [0.1, 0.15) is 17.0 Å². The second kappa shape index (κ2) is 6.43. The minimum atomic E-state index is -0.912. The molecule has 0 aromatic carbocycles. The summed E-state index contributed by atoms with van der Waals surface area (Å²) in [5.41, 5.74) is 6.06. The fraction of sp³-hybridized carbons (Fsp3) is 0.235. The van der Waals surface area contributed by atoms with Crippen molar-refractivity contribution in [2.45, 2.75) is 18.9 Å². The molecule has 4 N–H and O–H groups in total. The molecule has 0 fully saturated rings. The standard InChI is InChI=1S/C17H18N6O3/c1-17(8-14(25)23(2)16(18)22-17)13-7-10(5-6-19-13)21-15(26)12-4-3-11(24)9-20-12/h3-7,9,24H,8H2,1-2H3,(H2,18,22)(H,19,21,26). The molecule has 3 heterocycles. The second-order valence-electron chi connectivity index (χ2n) is 6.16. The number of carbonyl (C=O) groups excluding carboxylic acids is 2. The first kappa shape index (κ1) is 17.3. The van der Waals surface area contributed by atoms with Gasteiger partial charge in [-0.1, -0.05) is 0 Å². The molecule has 3 rings (SSSR count). The van der Waals surface area contributed by atoms with Crippen LogP contribution in [0.15, 0.2) is 41.7 Å². The van der Waals surface area contributed by atoms with E-state index in [1.165, 1.54) is 29.4 Å². The molecule has 9 heteroatoms. The van der Waals surface area contributed by atoms with E-state index < -0.39 is 11.4 Å². The molecule has 0 spiro atoms. The Morgan fingerprint density at radius 1 is 1.35 bits per heavy atom. The number of nitrogens with zero attached hydrogens (tertiary/aromatic N) is 4. The van der Waals surface area contributed by atoms with Gasteiger partial charge in [0.15, 0.2) is 5.96 Å². The van der Waals surface area contributed by atoms with E-state index in [0.717, 1.165) is 0 Å². The molecule has 2 aromatic rings. The van der Waals surface area contributed by atoms with Crippen LogP contribution in [0.25, 0.3) is 0 Å². The van der Waals surface area contributed by atoms with Crippen LogP contribution in [0.5, 0.6) is 5.75 Å². The van der Waals surface area contributed by atoms with Gasteiger partial charge in [0, 0.05) is 18.9 Å². The Bertz CT molecular complexity index is 896. The van der Waals surface area contributed by atoms with Gasteiger partial charge in [0.2, 0.25) is 5.91 Å². The number of amides is 2. The van der Waals surface area contributed by atoms with Crippen molar-refractivity contribution in [3.63, 3.8) is 0 Å². The Labute approximate surface area is 149 Å². The van der Waals surface area contributed by atoms with Crippen LogP contribution in [0.4, 0.5) is 5.69 Å². The lowest BCUT2D eigenvalue weighted by Crippen LogP contribution is -2.47. The first-order valence-corrected chi connectivity index (χ1v) is 7.83. The molecule has 26 heavy (non-hydrogen) atoms. The Balaban J connectivity index is 1.85. The number of aromatic nitrogens is 2. The highest BCUT2D eigenvalue weighted by molar-refractivity contribution is 6.03. The van der Waals surface area contributed by atoms with Gasteiger partial charge < -0.3 is 16.2 Å². The number of guanidine groups is 1. The van der Waals surface area contributed by atoms with Gasteiger partial charge in [0.25, 0.3) is 5.91 Å². The van der Waals surface area contributed by atoms with E-state index in [0.29, 0.717) is 11.4 Å². The van der Waals surface area contributed by atoms with E-state index >= 15 is 0 Å². The summed E-state index contributed by atoms with van der Waals surface area (Å²) in [5.74, 6) is -0.504. The number of anilines is 1. The molecule has 134 valence electrons. The Kier molecular flexibility index (Phi) is 4.29. The van der Waals surface area contributed by atoms with Gasteiger partial charge in [-0.15, -0.1) is 0 Å². The van der Waals surface area contributed by atoms with Gasteiger partial charge in [-0.2, -0.15) is 0 Å². The summed E-state index contributed by atoms with van der Waals surface area (Å²) in [7, 11) is 1.56. The van der Waals surface area contributed by atoms with E-state index in [9.17, 15) is 14.7 Å². The molecular formula is C17H18N6O3. The van der Waals surface area contributed by atoms with Crippen molar-refractivity contribution in [2.24, 2.45) is 10.7 Å². The summed E-state index contributed by atoms with van der Waals surface area (Å²) < 4.78 is 0. The number of nitrogens with one attached hydrogen (secondary N) is 1. The molecule has 1 unspecified atom stereocenters. The lowest BCUT2D eigenvalue weighted by atomic mass is 9.91. The van der Waals surface area contributed by atoms with E-state index in [4.69, 9.17) is 5.73 Å². The summed E-state index contributed by atoms with van der Waals surface area (Å²) in [6.45, 7) is 1.76. The Hall–Kier alpha value is -3.49. The first-order chi connectivity index (χ1) is 12.3. The van der Waals surface area contributed by atoms with E-state index in [1.54, 1.807) is 26.1 Å². The maximum atomic E-state index is 12.3. The molecule has 9 nitrogen and oxygen atoms in total. The number of carbonyl (C=O) groups is 2. The summed E-state index contributed by atoms with van der Waals surface area (Å²) in [6, 6.07) is 6.06. The largest absolute Gasteiger partial charge is 0.506 e. The lowest BCUT2D eigenvalue weighted by molar-refractivity contribution is -0.128. The zero-order chi connectivity index (χ0) is 18.9. The minimum Gasteiger partial charge on any atom is -0.506 e. The lowest BCUT2D eigenvalue weighted by Gasteiger charge is -2.32. The van der Waals surface area contributed by atoms with Gasteiger partial charge >= 0.3 is 0 Å². The molecule has 0 aliphatic carbocycles. The maximum Gasteiger partial charge on any atom is 0.274 e. The molecule has 0 saturated carbocycles. The number of pyridine rings is 2. The van der Waals surface area contributed by atoms with Crippen LogP contribution in [0.1, 0.15) is 29.5 Å². The third kappa shape index (κ3) is 3.32. The number of rotatable bonds is 3. The number of hydrogen-bond donors (Lipinski definition) is 3. The monoisotopic (exact) mass is 354 g/mol. The predicted octanol–water partition coefficient (Wildman–Crippen LogP) is 0.827.